The number of fused-ring (bicyclic) bond motifs is 5. The molecule has 0 bridgehead atoms. The van der Waals surface area contributed by atoms with Crippen molar-refractivity contribution < 1.29 is 19.4 Å². The lowest BCUT2D eigenvalue weighted by molar-refractivity contribution is -0.0520. The van der Waals surface area contributed by atoms with Gasteiger partial charge in [0.25, 0.3) is 0 Å². The normalized spacial score (nSPS) is 14.1. The number of hydrogen-bond donors (Lipinski definition) is 3. The van der Waals surface area contributed by atoms with Gasteiger partial charge in [-0.05, 0) is 54.3 Å². The molecule has 1 aliphatic rings. The van der Waals surface area contributed by atoms with Crippen molar-refractivity contribution in [2.24, 2.45) is 0 Å². The quantitative estimate of drug-likeness (QED) is 0.218. The van der Waals surface area contributed by atoms with Crippen LogP contribution in [0.5, 0.6) is 5.75 Å². The zero-order valence-electron chi connectivity index (χ0n) is 22.0. The topological polar surface area (TPSA) is 106 Å². The Labute approximate surface area is 230 Å². The molecule has 0 fully saturated rings. The van der Waals surface area contributed by atoms with E-state index in [1.807, 2.05) is 65.3 Å². The van der Waals surface area contributed by atoms with Crippen LogP contribution in [-0.2, 0) is 12.8 Å². The van der Waals surface area contributed by atoms with E-state index in [0.717, 1.165) is 75.1 Å². The summed E-state index contributed by atoms with van der Waals surface area (Å²) in [5.74, 6) is 1.72. The second-order valence-electron chi connectivity index (χ2n) is 10.3. The average Bonchev–Trinajstić information content (AvgIpc) is 3.57. The minimum atomic E-state index is -1.51. The number of ether oxygens (including phenoxy) is 1. The van der Waals surface area contributed by atoms with Crippen LogP contribution >= 0.6 is 0 Å². The first kappa shape index (κ1) is 24.6. The van der Waals surface area contributed by atoms with Crippen molar-refractivity contribution in [2.45, 2.75) is 38.0 Å². The molecule has 0 saturated heterocycles. The Balaban J connectivity index is 1.17. The lowest BCUT2D eigenvalue weighted by Gasteiger charge is -2.20. The van der Waals surface area contributed by atoms with Crippen molar-refractivity contribution in [1.82, 2.24) is 14.8 Å². The van der Waals surface area contributed by atoms with Crippen molar-refractivity contribution in [2.75, 3.05) is 18.5 Å². The summed E-state index contributed by atoms with van der Waals surface area (Å²) in [6, 6.07) is 23.6. The molecule has 40 heavy (non-hydrogen) atoms. The zero-order chi connectivity index (χ0) is 27.1. The molecule has 1 atom stereocenters. The maximum absolute atomic E-state index is 9.99. The van der Waals surface area contributed by atoms with E-state index < -0.39 is 12.3 Å². The number of hydrogen-bond acceptors (Lipinski definition) is 7. The number of pyridine rings is 1. The van der Waals surface area contributed by atoms with E-state index in [2.05, 4.69) is 22.5 Å². The third kappa shape index (κ3) is 4.55. The third-order valence-electron chi connectivity index (χ3n) is 7.69. The van der Waals surface area contributed by atoms with E-state index in [0.29, 0.717) is 13.0 Å². The second-order valence-corrected chi connectivity index (χ2v) is 10.3. The van der Waals surface area contributed by atoms with Gasteiger partial charge in [-0.25, -0.2) is 4.98 Å². The highest BCUT2D eigenvalue weighted by Crippen LogP contribution is 2.35. The van der Waals surface area contributed by atoms with E-state index >= 15 is 0 Å². The maximum atomic E-state index is 9.99. The molecule has 8 nitrogen and oxygen atoms in total. The van der Waals surface area contributed by atoms with Gasteiger partial charge in [-0.15, -0.1) is 0 Å². The van der Waals surface area contributed by atoms with Crippen LogP contribution in [0.3, 0.4) is 0 Å². The average molecular weight is 535 g/mol. The molecular weight excluding hydrogens is 504 g/mol. The number of aliphatic hydroxyl groups excluding tert-OH is 1. The SMILES string of the molecule is OC(O)CC(c1ccc2c(c1)oc1ccccc12)n1ncc2c(OCCc3ccc4c(n3)NCCC4)cccc21. The highest BCUT2D eigenvalue weighted by molar-refractivity contribution is 6.04. The summed E-state index contributed by atoms with van der Waals surface area (Å²) >= 11 is 0. The number of anilines is 1. The summed E-state index contributed by atoms with van der Waals surface area (Å²) in [5.41, 5.74) is 5.57. The third-order valence-corrected chi connectivity index (χ3v) is 7.69. The van der Waals surface area contributed by atoms with E-state index in [4.69, 9.17) is 14.1 Å². The number of rotatable bonds is 8. The predicted molar refractivity (Wildman–Crippen MR) is 155 cm³/mol. The lowest BCUT2D eigenvalue weighted by Crippen LogP contribution is -2.19. The minimum Gasteiger partial charge on any atom is -0.492 e. The fourth-order valence-electron chi connectivity index (χ4n) is 5.72. The molecule has 0 saturated carbocycles. The Bertz CT molecular complexity index is 1820. The summed E-state index contributed by atoms with van der Waals surface area (Å²) in [5, 5.41) is 31.0. The zero-order valence-corrected chi connectivity index (χ0v) is 22.0. The Hall–Kier alpha value is -4.40. The molecular formula is C32H30N4O4. The maximum Gasteiger partial charge on any atom is 0.153 e. The van der Waals surface area contributed by atoms with Crippen LogP contribution < -0.4 is 10.1 Å². The minimum absolute atomic E-state index is 0.0750. The molecule has 4 heterocycles. The summed E-state index contributed by atoms with van der Waals surface area (Å²) in [6.45, 7) is 1.45. The van der Waals surface area contributed by atoms with Gasteiger partial charge in [-0.2, -0.15) is 5.10 Å². The fourth-order valence-corrected chi connectivity index (χ4v) is 5.72. The first-order chi connectivity index (χ1) is 19.6. The lowest BCUT2D eigenvalue weighted by atomic mass is 10.0. The van der Waals surface area contributed by atoms with Crippen molar-refractivity contribution in [3.05, 3.63) is 95.8 Å². The number of aryl methyl sites for hydroxylation is 1. The molecule has 0 spiro atoms. The monoisotopic (exact) mass is 534 g/mol. The van der Waals surface area contributed by atoms with Gasteiger partial charge in [-0.1, -0.05) is 42.5 Å². The molecule has 7 rings (SSSR count). The van der Waals surface area contributed by atoms with Crippen LogP contribution in [0.1, 0.15) is 35.7 Å². The second kappa shape index (κ2) is 10.3. The van der Waals surface area contributed by atoms with Crippen molar-refractivity contribution in [1.29, 1.82) is 0 Å². The van der Waals surface area contributed by atoms with Crippen molar-refractivity contribution in [3.8, 4) is 5.75 Å². The highest BCUT2D eigenvalue weighted by atomic mass is 16.5. The largest absolute Gasteiger partial charge is 0.492 e. The van der Waals surface area contributed by atoms with Gasteiger partial charge in [0.15, 0.2) is 6.29 Å². The van der Waals surface area contributed by atoms with Crippen LogP contribution in [0.15, 0.2) is 83.4 Å². The highest BCUT2D eigenvalue weighted by Gasteiger charge is 2.22. The number of benzene rings is 3. The number of aromatic nitrogens is 3. The molecule has 1 aliphatic heterocycles. The Morgan fingerprint density at radius 1 is 0.950 bits per heavy atom. The van der Waals surface area contributed by atoms with E-state index in [1.54, 1.807) is 6.20 Å². The van der Waals surface area contributed by atoms with Gasteiger partial charge in [0.2, 0.25) is 0 Å². The molecule has 6 aromatic rings. The van der Waals surface area contributed by atoms with Crippen LogP contribution in [0.2, 0.25) is 0 Å². The molecule has 202 valence electrons. The number of furan rings is 1. The first-order valence-corrected chi connectivity index (χ1v) is 13.7. The van der Waals surface area contributed by atoms with E-state index in [1.165, 1.54) is 5.56 Å². The number of nitrogens with zero attached hydrogens (tertiary/aromatic N) is 3. The van der Waals surface area contributed by atoms with Crippen LogP contribution in [0.25, 0.3) is 32.8 Å². The Kier molecular flexibility index (Phi) is 6.34. The van der Waals surface area contributed by atoms with Crippen molar-refractivity contribution >= 4 is 38.7 Å². The molecule has 3 aromatic heterocycles. The van der Waals surface area contributed by atoms with E-state index in [-0.39, 0.29) is 6.42 Å². The van der Waals surface area contributed by atoms with Gasteiger partial charge < -0.3 is 24.7 Å². The van der Waals surface area contributed by atoms with Crippen LogP contribution in [0.4, 0.5) is 5.82 Å². The standard InChI is InChI=1S/C32H30N4O4/c37-31(38)18-27(21-11-13-24-23-6-1-2-8-29(23)40-30(24)17-21)36-26-7-3-9-28(25(26)19-34-36)39-16-14-22-12-10-20-5-4-15-33-32(20)35-22/h1-3,6-13,17,19,27,31,37-38H,4-5,14-16,18H2,(H,33,35). The number of nitrogens with one attached hydrogen (secondary N) is 1. The summed E-state index contributed by atoms with van der Waals surface area (Å²) < 4.78 is 14.1. The van der Waals surface area contributed by atoms with E-state index in [9.17, 15) is 10.2 Å². The fraction of sp³-hybridized carbons (Fsp3) is 0.250. The summed E-state index contributed by atoms with van der Waals surface area (Å²) in [6.07, 6.45) is 3.25. The number of aliphatic hydroxyl groups is 2. The molecule has 3 N–H and O–H groups in total. The van der Waals surface area contributed by atoms with Gasteiger partial charge in [0, 0.05) is 35.9 Å². The molecule has 0 amide bonds. The Morgan fingerprint density at radius 3 is 2.77 bits per heavy atom. The molecule has 8 heteroatoms. The van der Waals surface area contributed by atoms with Gasteiger partial charge in [0.1, 0.15) is 22.7 Å². The molecule has 1 unspecified atom stereocenters. The molecule has 0 radical (unpaired) electrons. The van der Waals surface area contributed by atoms with Crippen molar-refractivity contribution in [3.63, 3.8) is 0 Å². The number of para-hydroxylation sites is 1. The summed E-state index contributed by atoms with van der Waals surface area (Å²) in [4.78, 5) is 4.77. The first-order valence-electron chi connectivity index (χ1n) is 13.7. The predicted octanol–water partition coefficient (Wildman–Crippen LogP) is 5.60. The summed E-state index contributed by atoms with van der Waals surface area (Å²) in [7, 11) is 0. The van der Waals surface area contributed by atoms with Gasteiger partial charge in [-0.3, -0.25) is 4.68 Å². The van der Waals surface area contributed by atoms with Crippen LogP contribution in [0, 0.1) is 0 Å². The smallest absolute Gasteiger partial charge is 0.153 e. The van der Waals surface area contributed by atoms with Gasteiger partial charge >= 0.3 is 0 Å². The molecule has 0 aliphatic carbocycles. The van der Waals surface area contributed by atoms with Crippen LogP contribution in [-0.4, -0.2) is 44.4 Å². The molecule has 3 aromatic carbocycles. The van der Waals surface area contributed by atoms with Gasteiger partial charge in [0.05, 0.1) is 29.7 Å². The Morgan fingerprint density at radius 2 is 1.85 bits per heavy atom.